The van der Waals surface area contributed by atoms with Crippen LogP contribution in [0.2, 0.25) is 0 Å². The van der Waals surface area contributed by atoms with E-state index in [1.54, 1.807) is 12.1 Å². The number of alkyl halides is 3. The van der Waals surface area contributed by atoms with Gasteiger partial charge in [-0.05, 0) is 24.0 Å². The minimum atomic E-state index is -5.30. The summed E-state index contributed by atoms with van der Waals surface area (Å²) in [4.78, 5) is 0. The predicted octanol–water partition coefficient (Wildman–Crippen LogP) is 2.85. The van der Waals surface area contributed by atoms with Gasteiger partial charge in [0.25, 0.3) is 0 Å². The lowest BCUT2D eigenvalue weighted by Gasteiger charge is -2.33. The topological polar surface area (TPSA) is 37.4 Å². The molecule has 0 bridgehead atoms. The number of rotatable bonds is 1. The second-order valence-corrected chi connectivity index (χ2v) is 6.13. The molecule has 0 spiro atoms. The van der Waals surface area contributed by atoms with Crippen molar-refractivity contribution in [1.29, 1.82) is 0 Å². The van der Waals surface area contributed by atoms with Crippen LogP contribution in [0.3, 0.4) is 0 Å². The van der Waals surface area contributed by atoms with Gasteiger partial charge in [0.1, 0.15) is 0 Å². The van der Waals surface area contributed by atoms with Gasteiger partial charge in [-0.1, -0.05) is 25.1 Å². The summed E-state index contributed by atoms with van der Waals surface area (Å²) in [7, 11) is -5.30. The van der Waals surface area contributed by atoms with Crippen LogP contribution in [0.15, 0.2) is 24.3 Å². The first-order valence-corrected chi connectivity index (χ1v) is 6.87. The first-order chi connectivity index (χ1) is 8.25. The number of hydrogen-bond acceptors (Lipinski definition) is 2. The van der Waals surface area contributed by atoms with Gasteiger partial charge < -0.3 is 0 Å². The molecule has 0 aliphatic carbocycles. The first kappa shape index (κ1) is 13.2. The third kappa shape index (κ3) is 1.96. The van der Waals surface area contributed by atoms with Crippen LogP contribution >= 0.6 is 0 Å². The zero-order valence-corrected chi connectivity index (χ0v) is 10.4. The van der Waals surface area contributed by atoms with Gasteiger partial charge >= 0.3 is 15.5 Å². The molecule has 0 amide bonds. The fraction of sp³-hybridized carbons (Fsp3) is 0.455. The highest BCUT2D eigenvalue weighted by atomic mass is 32.2. The van der Waals surface area contributed by atoms with Crippen LogP contribution in [0.5, 0.6) is 0 Å². The Bertz CT molecular complexity index is 554. The van der Waals surface area contributed by atoms with Gasteiger partial charge in [-0.15, -0.1) is 0 Å². The fourth-order valence-electron chi connectivity index (χ4n) is 2.09. The Morgan fingerprint density at radius 2 is 1.89 bits per heavy atom. The van der Waals surface area contributed by atoms with Crippen LogP contribution in [0.1, 0.15) is 24.8 Å². The van der Waals surface area contributed by atoms with Gasteiger partial charge in [0.15, 0.2) is 0 Å². The van der Waals surface area contributed by atoms with Crippen molar-refractivity contribution in [2.45, 2.75) is 24.8 Å². The molecule has 0 fully saturated rings. The lowest BCUT2D eigenvalue weighted by molar-refractivity contribution is -0.0438. The third-order valence-electron chi connectivity index (χ3n) is 3.08. The highest BCUT2D eigenvalue weighted by Gasteiger charge is 2.51. The molecule has 18 heavy (non-hydrogen) atoms. The van der Waals surface area contributed by atoms with E-state index in [4.69, 9.17) is 0 Å². The maximum atomic E-state index is 12.6. The normalized spacial score (nSPS) is 20.7. The summed E-state index contributed by atoms with van der Waals surface area (Å²) >= 11 is 0. The van der Waals surface area contributed by atoms with Gasteiger partial charge in [-0.2, -0.15) is 21.6 Å². The smallest absolute Gasteiger partial charge is 0.262 e. The van der Waals surface area contributed by atoms with Crippen LogP contribution in [0.25, 0.3) is 0 Å². The maximum absolute atomic E-state index is 12.6. The Morgan fingerprint density at radius 1 is 1.28 bits per heavy atom. The summed E-state index contributed by atoms with van der Waals surface area (Å²) in [6.45, 7) is 1.73. The Balaban J connectivity index is 2.54. The van der Waals surface area contributed by atoms with Crippen LogP contribution in [-0.4, -0.2) is 20.5 Å². The van der Waals surface area contributed by atoms with E-state index in [9.17, 15) is 21.6 Å². The predicted molar refractivity (Wildman–Crippen MR) is 61.8 cm³/mol. The van der Waals surface area contributed by atoms with Crippen molar-refractivity contribution in [1.82, 2.24) is 0 Å². The second kappa shape index (κ2) is 4.15. The molecule has 0 saturated heterocycles. The highest BCUT2D eigenvalue weighted by Crippen LogP contribution is 2.39. The Labute approximate surface area is 103 Å². The number of halogens is 3. The molecule has 1 aliphatic rings. The highest BCUT2D eigenvalue weighted by molar-refractivity contribution is 7.93. The average molecular weight is 279 g/mol. The van der Waals surface area contributed by atoms with E-state index in [1.807, 2.05) is 6.92 Å². The van der Waals surface area contributed by atoms with Crippen molar-refractivity contribution in [3.63, 3.8) is 0 Å². The van der Waals surface area contributed by atoms with Crippen LogP contribution in [0, 0.1) is 0 Å². The summed E-state index contributed by atoms with van der Waals surface area (Å²) in [5.74, 6) is 0.0564. The minimum absolute atomic E-state index is 0.0564. The van der Waals surface area contributed by atoms with Crippen molar-refractivity contribution in [2.24, 2.45) is 0 Å². The van der Waals surface area contributed by atoms with Crippen molar-refractivity contribution in [2.75, 3.05) is 10.8 Å². The molecule has 1 heterocycles. The molecule has 1 atom stereocenters. The number of hydrogen-bond donors (Lipinski definition) is 0. The standard InChI is InChI=1S/C11H12F3NO2S/c1-8-6-7-15(18(16,17)11(12,13)14)10-5-3-2-4-9(8)10/h2-5,8H,6-7H2,1H3. The van der Waals surface area contributed by atoms with E-state index in [2.05, 4.69) is 0 Å². The average Bonchev–Trinajstić information content (AvgIpc) is 2.28. The lowest BCUT2D eigenvalue weighted by atomic mass is 9.93. The van der Waals surface area contributed by atoms with E-state index in [0.717, 1.165) is 0 Å². The van der Waals surface area contributed by atoms with Crippen molar-refractivity contribution >= 4 is 15.7 Å². The largest absolute Gasteiger partial charge is 0.516 e. The van der Waals surface area contributed by atoms with Crippen LogP contribution in [0.4, 0.5) is 18.9 Å². The molecular formula is C11H12F3NO2S. The fourth-order valence-corrected chi connectivity index (χ4v) is 3.11. The maximum Gasteiger partial charge on any atom is 0.516 e. The summed E-state index contributed by atoms with van der Waals surface area (Å²) < 4.78 is 61.2. The van der Waals surface area contributed by atoms with Gasteiger partial charge in [0.2, 0.25) is 0 Å². The lowest BCUT2D eigenvalue weighted by Crippen LogP contribution is -2.43. The quantitative estimate of drug-likeness (QED) is 0.792. The SMILES string of the molecule is CC1CCN(S(=O)(=O)C(F)(F)F)c2ccccc21. The summed E-state index contributed by atoms with van der Waals surface area (Å²) in [5, 5.41) is 0. The zero-order valence-electron chi connectivity index (χ0n) is 9.61. The number of benzene rings is 1. The number of para-hydroxylation sites is 1. The number of nitrogens with zero attached hydrogens (tertiary/aromatic N) is 1. The summed E-state index contributed by atoms with van der Waals surface area (Å²) in [6.07, 6.45) is 0.381. The minimum Gasteiger partial charge on any atom is -0.262 e. The third-order valence-corrected chi connectivity index (χ3v) is 4.63. The van der Waals surface area contributed by atoms with Crippen LogP contribution in [-0.2, 0) is 10.0 Å². The Morgan fingerprint density at radius 3 is 2.50 bits per heavy atom. The molecule has 0 N–H and O–H groups in total. The molecule has 0 aromatic heterocycles. The molecule has 3 nitrogen and oxygen atoms in total. The molecule has 1 aromatic carbocycles. The zero-order chi connectivity index (χ0) is 13.6. The van der Waals surface area contributed by atoms with Crippen molar-refractivity contribution in [3.8, 4) is 0 Å². The van der Waals surface area contributed by atoms with E-state index >= 15 is 0 Å². The van der Waals surface area contributed by atoms with E-state index < -0.39 is 15.5 Å². The number of fused-ring (bicyclic) bond motifs is 1. The van der Waals surface area contributed by atoms with E-state index in [1.165, 1.54) is 12.1 Å². The van der Waals surface area contributed by atoms with Crippen molar-refractivity contribution < 1.29 is 21.6 Å². The molecule has 0 radical (unpaired) electrons. The van der Waals surface area contributed by atoms with E-state index in [0.29, 0.717) is 16.3 Å². The molecular weight excluding hydrogens is 267 g/mol. The Hall–Kier alpha value is -1.24. The second-order valence-electron chi connectivity index (χ2n) is 4.27. The Kier molecular flexibility index (Phi) is 3.04. The molecule has 100 valence electrons. The summed E-state index contributed by atoms with van der Waals surface area (Å²) in [6, 6.07) is 6.31. The molecule has 7 heteroatoms. The molecule has 1 aliphatic heterocycles. The van der Waals surface area contributed by atoms with Crippen molar-refractivity contribution in [3.05, 3.63) is 29.8 Å². The molecule has 1 aromatic rings. The van der Waals surface area contributed by atoms with Gasteiger partial charge in [0.05, 0.1) is 5.69 Å². The molecule has 1 unspecified atom stereocenters. The van der Waals surface area contributed by atoms with Gasteiger partial charge in [-0.3, -0.25) is 4.31 Å². The number of sulfonamides is 1. The van der Waals surface area contributed by atoms with Crippen LogP contribution < -0.4 is 4.31 Å². The van der Waals surface area contributed by atoms with E-state index in [-0.39, 0.29) is 18.2 Å². The number of anilines is 1. The van der Waals surface area contributed by atoms with Gasteiger partial charge in [-0.25, -0.2) is 0 Å². The molecule has 2 rings (SSSR count). The monoisotopic (exact) mass is 279 g/mol. The summed E-state index contributed by atoms with van der Waals surface area (Å²) in [5.41, 5.74) is -4.49. The van der Waals surface area contributed by atoms with Gasteiger partial charge in [0, 0.05) is 6.54 Å². The first-order valence-electron chi connectivity index (χ1n) is 5.43. The molecule has 0 saturated carbocycles.